The van der Waals surface area contributed by atoms with Gasteiger partial charge in [0.15, 0.2) is 0 Å². The zero-order chi connectivity index (χ0) is 11.1. The molecule has 0 atom stereocenters. The van der Waals surface area contributed by atoms with Crippen LogP contribution in [0.2, 0.25) is 0 Å². The molecule has 8 heteroatoms. The van der Waals surface area contributed by atoms with Gasteiger partial charge in [0.2, 0.25) is 0 Å². The van der Waals surface area contributed by atoms with Gasteiger partial charge in [-0.15, -0.1) is 0 Å². The second-order valence-electron chi connectivity index (χ2n) is 1.60. The van der Waals surface area contributed by atoms with Gasteiger partial charge in [0, 0.05) is 4.79 Å². The third kappa shape index (κ3) is 87.4. The van der Waals surface area contributed by atoms with Crippen LogP contribution in [0, 0.1) is 0 Å². The van der Waals surface area contributed by atoms with Gasteiger partial charge in [0.05, 0.1) is 0 Å². The molecule has 0 saturated carbocycles. The molecule has 0 radical (unpaired) electrons. The second kappa shape index (κ2) is 29.2. The molecule has 0 amide bonds. The van der Waals surface area contributed by atoms with Crippen molar-refractivity contribution in [3.05, 3.63) is 22.9 Å². The SMILES string of the molecule is O=C([OH2+])C[SH2+].[Co+3].[NH-]CC[NH-].[NH-]CC[NH-]. The van der Waals surface area contributed by atoms with E-state index in [-0.39, 0.29) is 48.7 Å². The molecule has 6 N–H and O–H groups in total. The summed E-state index contributed by atoms with van der Waals surface area (Å²) in [6.07, 6.45) is 0. The first-order valence-corrected chi connectivity index (χ1v) is 4.28. The zero-order valence-corrected chi connectivity index (χ0v) is 9.82. The van der Waals surface area contributed by atoms with E-state index in [0.29, 0.717) is 0 Å². The normalized spacial score (nSPS) is 6.93. The predicted molar refractivity (Wildman–Crippen MR) is 60.4 cm³/mol. The number of carbonyl (C=O) groups is 1. The van der Waals surface area contributed by atoms with E-state index < -0.39 is 5.97 Å². The van der Waals surface area contributed by atoms with Crippen LogP contribution in [0.25, 0.3) is 22.9 Å². The van der Waals surface area contributed by atoms with Crippen molar-refractivity contribution in [2.45, 2.75) is 0 Å². The maximum absolute atomic E-state index is 9.43. The fourth-order valence-electron chi connectivity index (χ4n) is 0. The van der Waals surface area contributed by atoms with Crippen LogP contribution in [0.4, 0.5) is 0 Å². The van der Waals surface area contributed by atoms with E-state index in [1.807, 2.05) is 0 Å². The predicted octanol–water partition coefficient (Wildman–Crippen LogP) is 0.428. The Hall–Kier alpha value is 0.166. The third-order valence-corrected chi connectivity index (χ3v) is 0.732. The molecule has 6 nitrogen and oxygen atoms in total. The monoisotopic (exact) mass is 269 g/mol. The fraction of sp³-hybridized carbons (Fsp3) is 0.833. The Labute approximate surface area is 100 Å². The van der Waals surface area contributed by atoms with E-state index in [1.54, 1.807) is 0 Å². The molecule has 14 heavy (non-hydrogen) atoms. The van der Waals surface area contributed by atoms with Gasteiger partial charge in [-0.2, -0.15) is 26.2 Å². The van der Waals surface area contributed by atoms with Crippen LogP contribution in [0.1, 0.15) is 0 Å². The summed E-state index contributed by atoms with van der Waals surface area (Å²) in [6, 6.07) is 0. The molecule has 0 rings (SSSR count). The average molecular weight is 269 g/mol. The summed E-state index contributed by atoms with van der Waals surface area (Å²) in [6.45, 7) is 0.944. The van der Waals surface area contributed by atoms with Gasteiger partial charge in [-0.05, 0) is 12.6 Å². The quantitative estimate of drug-likeness (QED) is 0.674. The van der Waals surface area contributed by atoms with Crippen molar-refractivity contribution in [2.75, 3.05) is 31.9 Å². The van der Waals surface area contributed by atoms with Crippen LogP contribution in [-0.4, -0.2) is 43.0 Å². The molecule has 0 aliphatic heterocycles. The first kappa shape index (κ1) is 23.8. The van der Waals surface area contributed by atoms with Gasteiger partial charge in [-0.3, -0.25) is 0 Å². The number of carbonyl (C=O) groups excluding carboxylic acids is 1. The first-order valence-electron chi connectivity index (χ1n) is 3.58. The molecular formula is C6H18CoN4O2S+. The Kier molecular flexibility index (Phi) is 49.6. The summed E-state index contributed by atoms with van der Waals surface area (Å²) in [4.78, 5) is 9.43. The van der Waals surface area contributed by atoms with Crippen molar-refractivity contribution in [1.29, 1.82) is 0 Å². The van der Waals surface area contributed by atoms with Crippen LogP contribution < -0.4 is 0 Å². The standard InChI is InChI=1S/2C2H6N2.C2H4O2S.Co/c2*3-1-2-4;3-2(4)1-5;/h2*3-4H,1-2H2;5H,1H2,(H,3,4);/q2*-2;;+3/p+2. The summed E-state index contributed by atoms with van der Waals surface area (Å²) in [5, 5.41) is 6.14. The number of rotatable bonds is 3. The Morgan fingerprint density at radius 2 is 1.14 bits per heavy atom. The number of hydrogen-bond donors (Lipinski definition) is 0. The van der Waals surface area contributed by atoms with E-state index in [9.17, 15) is 4.79 Å². The minimum absolute atomic E-state index is 0. The maximum Gasteiger partial charge on any atom is 3.00 e. The summed E-state index contributed by atoms with van der Waals surface area (Å²) in [7, 11) is 0. The first-order chi connectivity index (χ1) is 6.10. The van der Waals surface area contributed by atoms with Crippen LogP contribution in [-0.2, 0) is 34.2 Å². The molecule has 0 heterocycles. The van der Waals surface area contributed by atoms with E-state index in [2.05, 4.69) is 12.6 Å². The molecule has 0 spiro atoms. The molecule has 0 unspecified atom stereocenters. The summed E-state index contributed by atoms with van der Waals surface area (Å²) < 4.78 is 0. The average Bonchev–Trinajstić information content (AvgIpc) is 2.18. The largest absolute Gasteiger partial charge is 3.00 e. The van der Waals surface area contributed by atoms with E-state index >= 15 is 0 Å². The van der Waals surface area contributed by atoms with Gasteiger partial charge >= 0.3 is 22.7 Å². The topological polar surface area (TPSA) is 135 Å². The van der Waals surface area contributed by atoms with Crippen molar-refractivity contribution in [3.63, 3.8) is 0 Å². The molecule has 88 valence electrons. The molecular weight excluding hydrogens is 251 g/mol. The van der Waals surface area contributed by atoms with E-state index in [4.69, 9.17) is 28.0 Å². The zero-order valence-electron chi connectivity index (χ0n) is 7.78. The van der Waals surface area contributed by atoms with Crippen molar-refractivity contribution in [3.8, 4) is 0 Å². The van der Waals surface area contributed by atoms with Crippen LogP contribution in [0.3, 0.4) is 0 Å². The molecule has 0 aliphatic rings. The Morgan fingerprint density at radius 3 is 1.14 bits per heavy atom. The summed E-state index contributed by atoms with van der Waals surface area (Å²) in [5.74, 6) is -0.443. The van der Waals surface area contributed by atoms with Gasteiger partial charge < -0.3 is 28.0 Å². The molecule has 0 aromatic carbocycles. The molecule has 0 fully saturated rings. The second-order valence-corrected chi connectivity index (χ2v) is 1.95. The smallest absolute Gasteiger partial charge is 0.679 e. The fourth-order valence-corrected chi connectivity index (χ4v) is 0. The van der Waals surface area contributed by atoms with Crippen molar-refractivity contribution < 1.29 is 26.7 Å². The number of hydrogen-bond acceptors (Lipinski definition) is 1. The van der Waals surface area contributed by atoms with Gasteiger partial charge in [0.1, 0.15) is 0 Å². The Balaban J connectivity index is -0.0000000522. The molecule has 0 aromatic rings. The van der Waals surface area contributed by atoms with Crippen molar-refractivity contribution >= 4 is 18.6 Å². The van der Waals surface area contributed by atoms with Crippen LogP contribution >= 0.6 is 0 Å². The minimum atomic E-state index is -0.582. The van der Waals surface area contributed by atoms with Crippen molar-refractivity contribution in [1.82, 2.24) is 0 Å². The Morgan fingerprint density at radius 1 is 1.00 bits per heavy atom. The van der Waals surface area contributed by atoms with Gasteiger partial charge in [-0.25, -0.2) is 0 Å². The van der Waals surface area contributed by atoms with E-state index in [0.717, 1.165) is 0 Å². The van der Waals surface area contributed by atoms with E-state index in [1.165, 1.54) is 0 Å². The minimum Gasteiger partial charge on any atom is -0.679 e. The summed E-state index contributed by atoms with van der Waals surface area (Å²) in [5.41, 5.74) is 25.1. The van der Waals surface area contributed by atoms with Gasteiger partial charge in [0.25, 0.3) is 5.75 Å². The summed E-state index contributed by atoms with van der Waals surface area (Å²) >= 11 is 2.82. The molecule has 0 aromatic heterocycles. The molecule has 0 aliphatic carbocycles. The van der Waals surface area contributed by atoms with Crippen molar-refractivity contribution in [2.24, 2.45) is 0 Å². The number of nitrogens with one attached hydrogen (secondary N) is 4. The van der Waals surface area contributed by atoms with Crippen LogP contribution in [0.5, 0.6) is 0 Å². The third-order valence-electron chi connectivity index (χ3n) is 0.411. The molecule has 0 bridgehead atoms. The van der Waals surface area contributed by atoms with Gasteiger partial charge in [-0.1, -0.05) is 0 Å². The Bertz CT molecular complexity index is 91.9. The van der Waals surface area contributed by atoms with Crippen LogP contribution in [0.15, 0.2) is 0 Å². The molecule has 0 saturated heterocycles. The maximum atomic E-state index is 9.43.